The van der Waals surface area contributed by atoms with Gasteiger partial charge in [-0.05, 0) is 32.0 Å². The summed E-state index contributed by atoms with van der Waals surface area (Å²) in [6.07, 6.45) is 0. The lowest BCUT2D eigenvalue weighted by atomic mass is 10.3. The first kappa shape index (κ1) is 15.9. The van der Waals surface area contributed by atoms with Crippen LogP contribution in [0.5, 0.6) is 0 Å². The van der Waals surface area contributed by atoms with Gasteiger partial charge < -0.3 is 5.32 Å². The Hall–Kier alpha value is -1.53. The lowest BCUT2D eigenvalue weighted by molar-refractivity contribution is -0.147. The Labute approximate surface area is 132 Å². The maximum Gasteiger partial charge on any atom is 0.244 e. The summed E-state index contributed by atoms with van der Waals surface area (Å²) >= 11 is 7.14. The van der Waals surface area contributed by atoms with E-state index in [0.29, 0.717) is 10.7 Å². The second-order valence-electron chi connectivity index (χ2n) is 4.74. The summed E-state index contributed by atoms with van der Waals surface area (Å²) in [4.78, 5) is 37.0. The molecule has 0 unspecified atom stereocenters. The Morgan fingerprint density at radius 1 is 1.29 bits per heavy atom. The van der Waals surface area contributed by atoms with Gasteiger partial charge in [0.1, 0.15) is 6.54 Å². The maximum absolute atomic E-state index is 12.0. The quantitative estimate of drug-likeness (QED) is 0.864. The topological polar surface area (TPSA) is 66.5 Å². The van der Waals surface area contributed by atoms with Crippen molar-refractivity contribution >= 4 is 46.8 Å². The second kappa shape index (κ2) is 6.49. The molecule has 0 aliphatic carbocycles. The molecule has 21 heavy (non-hydrogen) atoms. The molecular formula is C14H15ClN2O3S. The molecule has 1 aliphatic rings. The lowest BCUT2D eigenvalue weighted by Gasteiger charge is -2.31. The highest BCUT2D eigenvalue weighted by Gasteiger charge is 2.37. The van der Waals surface area contributed by atoms with Crippen LogP contribution in [0.3, 0.4) is 0 Å². The molecule has 1 N–H and O–H groups in total. The van der Waals surface area contributed by atoms with E-state index in [4.69, 9.17) is 11.6 Å². The van der Waals surface area contributed by atoms with Gasteiger partial charge in [0.25, 0.3) is 0 Å². The summed E-state index contributed by atoms with van der Waals surface area (Å²) in [6, 6.07) is 6.68. The Morgan fingerprint density at radius 2 is 1.90 bits per heavy atom. The summed E-state index contributed by atoms with van der Waals surface area (Å²) < 4.78 is 0. The van der Waals surface area contributed by atoms with Crippen molar-refractivity contribution in [2.24, 2.45) is 0 Å². The number of halogens is 1. The third-order valence-corrected chi connectivity index (χ3v) is 4.50. The van der Waals surface area contributed by atoms with Crippen molar-refractivity contribution in [3.05, 3.63) is 29.3 Å². The van der Waals surface area contributed by atoms with Gasteiger partial charge in [-0.1, -0.05) is 17.7 Å². The number of thioether (sulfide) groups is 1. The largest absolute Gasteiger partial charge is 0.324 e. The molecule has 0 aromatic heterocycles. The van der Waals surface area contributed by atoms with Gasteiger partial charge in [0, 0.05) is 10.7 Å². The van der Waals surface area contributed by atoms with Crippen molar-refractivity contribution < 1.29 is 14.4 Å². The molecule has 1 fully saturated rings. The van der Waals surface area contributed by atoms with Gasteiger partial charge in [-0.15, -0.1) is 11.8 Å². The van der Waals surface area contributed by atoms with Gasteiger partial charge in [-0.3, -0.25) is 19.3 Å². The Kier molecular flexibility index (Phi) is 4.90. The van der Waals surface area contributed by atoms with Gasteiger partial charge in [-0.2, -0.15) is 0 Å². The van der Waals surface area contributed by atoms with E-state index in [1.54, 1.807) is 38.1 Å². The summed E-state index contributed by atoms with van der Waals surface area (Å²) in [7, 11) is 0. The summed E-state index contributed by atoms with van der Waals surface area (Å²) in [6.45, 7) is 3.19. The Morgan fingerprint density at radius 3 is 2.48 bits per heavy atom. The SMILES string of the molecule is C[C@H]1S[C@H](C)C(=O)N(CC(=O)Nc2cccc(Cl)c2)C1=O. The Bertz CT molecular complexity index is 573. The molecule has 0 bridgehead atoms. The normalized spacial score (nSPS) is 22.3. The minimum Gasteiger partial charge on any atom is -0.324 e. The fourth-order valence-electron chi connectivity index (χ4n) is 2.04. The first-order valence-electron chi connectivity index (χ1n) is 6.44. The molecular weight excluding hydrogens is 312 g/mol. The van der Waals surface area contributed by atoms with E-state index < -0.39 is 5.91 Å². The molecule has 1 heterocycles. The minimum atomic E-state index is -0.426. The van der Waals surface area contributed by atoms with Gasteiger partial charge in [0.15, 0.2) is 0 Å². The number of benzene rings is 1. The Balaban J connectivity index is 2.04. The van der Waals surface area contributed by atoms with Gasteiger partial charge in [0.2, 0.25) is 17.7 Å². The van der Waals surface area contributed by atoms with Crippen LogP contribution in [0, 0.1) is 0 Å². The molecule has 5 nitrogen and oxygen atoms in total. The number of imide groups is 1. The highest BCUT2D eigenvalue weighted by molar-refractivity contribution is 8.02. The molecule has 1 saturated heterocycles. The van der Waals surface area contributed by atoms with Gasteiger partial charge in [-0.25, -0.2) is 0 Å². The third-order valence-electron chi connectivity index (χ3n) is 3.05. The van der Waals surface area contributed by atoms with Gasteiger partial charge >= 0.3 is 0 Å². The molecule has 1 aromatic carbocycles. The maximum atomic E-state index is 12.0. The number of nitrogens with one attached hydrogen (secondary N) is 1. The molecule has 112 valence electrons. The number of anilines is 1. The van der Waals surface area contributed by atoms with E-state index in [9.17, 15) is 14.4 Å². The first-order chi connectivity index (χ1) is 9.88. The van der Waals surface area contributed by atoms with E-state index >= 15 is 0 Å². The van der Waals surface area contributed by atoms with Crippen LogP contribution in [-0.4, -0.2) is 39.7 Å². The zero-order valence-electron chi connectivity index (χ0n) is 11.6. The molecule has 1 aliphatic heterocycles. The molecule has 3 amide bonds. The van der Waals surface area contributed by atoms with Crippen LogP contribution in [0.1, 0.15) is 13.8 Å². The number of carbonyl (C=O) groups is 3. The van der Waals surface area contributed by atoms with Crippen LogP contribution in [0.2, 0.25) is 5.02 Å². The zero-order chi connectivity index (χ0) is 15.6. The molecule has 2 rings (SSSR count). The standard InChI is InChI=1S/C14H15ClN2O3S/c1-8-13(19)17(14(20)9(2)21-8)7-12(18)16-11-5-3-4-10(15)6-11/h3-6,8-9H,7H2,1-2H3,(H,16,18)/t8-,9-/m1/s1. The predicted octanol–water partition coefficient (Wildman–Crippen LogP) is 2.16. The van der Waals surface area contributed by atoms with Crippen LogP contribution in [0.15, 0.2) is 24.3 Å². The zero-order valence-corrected chi connectivity index (χ0v) is 13.2. The number of carbonyl (C=O) groups excluding carboxylic acids is 3. The van der Waals surface area contributed by atoms with E-state index in [1.165, 1.54) is 11.8 Å². The molecule has 0 saturated carbocycles. The smallest absolute Gasteiger partial charge is 0.244 e. The summed E-state index contributed by atoms with van der Waals surface area (Å²) in [5.41, 5.74) is 0.528. The number of amides is 3. The van der Waals surface area contributed by atoms with Crippen LogP contribution < -0.4 is 5.32 Å². The van der Waals surface area contributed by atoms with Gasteiger partial charge in [0.05, 0.1) is 10.5 Å². The summed E-state index contributed by atoms with van der Waals surface area (Å²) in [5, 5.41) is 2.48. The van der Waals surface area contributed by atoms with Crippen molar-refractivity contribution in [3.8, 4) is 0 Å². The average molecular weight is 327 g/mol. The average Bonchev–Trinajstić information content (AvgIpc) is 2.41. The second-order valence-corrected chi connectivity index (χ2v) is 6.86. The molecule has 1 aromatic rings. The lowest BCUT2D eigenvalue weighted by Crippen LogP contribution is -2.52. The first-order valence-corrected chi connectivity index (χ1v) is 7.76. The number of rotatable bonds is 3. The number of hydrogen-bond acceptors (Lipinski definition) is 4. The molecule has 2 atom stereocenters. The van der Waals surface area contributed by atoms with E-state index in [-0.39, 0.29) is 28.9 Å². The predicted molar refractivity (Wildman–Crippen MR) is 83.3 cm³/mol. The monoisotopic (exact) mass is 326 g/mol. The van der Waals surface area contributed by atoms with Crippen molar-refractivity contribution in [2.45, 2.75) is 24.3 Å². The highest BCUT2D eigenvalue weighted by Crippen LogP contribution is 2.26. The fraction of sp³-hybridized carbons (Fsp3) is 0.357. The minimum absolute atomic E-state index is 0.278. The van der Waals surface area contributed by atoms with Crippen molar-refractivity contribution in [2.75, 3.05) is 11.9 Å². The van der Waals surface area contributed by atoms with Crippen LogP contribution in [-0.2, 0) is 14.4 Å². The number of hydrogen-bond donors (Lipinski definition) is 1. The van der Waals surface area contributed by atoms with Crippen LogP contribution >= 0.6 is 23.4 Å². The molecule has 0 spiro atoms. The van der Waals surface area contributed by atoms with Crippen molar-refractivity contribution in [1.29, 1.82) is 0 Å². The third kappa shape index (κ3) is 3.77. The van der Waals surface area contributed by atoms with Crippen LogP contribution in [0.25, 0.3) is 0 Å². The van der Waals surface area contributed by atoms with Crippen molar-refractivity contribution in [3.63, 3.8) is 0 Å². The summed E-state index contributed by atoms with van der Waals surface area (Å²) in [5.74, 6) is -1.08. The van der Waals surface area contributed by atoms with E-state index in [1.807, 2.05) is 0 Å². The van der Waals surface area contributed by atoms with E-state index in [2.05, 4.69) is 5.32 Å². The molecule has 7 heteroatoms. The van der Waals surface area contributed by atoms with E-state index in [0.717, 1.165) is 4.90 Å². The number of nitrogens with zero attached hydrogens (tertiary/aromatic N) is 1. The molecule has 0 radical (unpaired) electrons. The fourth-order valence-corrected chi connectivity index (χ4v) is 3.33. The van der Waals surface area contributed by atoms with Crippen molar-refractivity contribution in [1.82, 2.24) is 4.90 Å². The van der Waals surface area contributed by atoms with Crippen LogP contribution in [0.4, 0.5) is 5.69 Å². The highest BCUT2D eigenvalue weighted by atomic mass is 35.5.